The second-order valence-electron chi connectivity index (χ2n) is 7.29. The highest BCUT2D eigenvalue weighted by molar-refractivity contribution is 5.83. The summed E-state index contributed by atoms with van der Waals surface area (Å²) in [4.78, 5) is 15.1. The monoisotopic (exact) mass is 339 g/mol. The van der Waals surface area contributed by atoms with E-state index in [1.54, 1.807) is 7.11 Å². The summed E-state index contributed by atoms with van der Waals surface area (Å²) in [6.45, 7) is 3.74. The SMILES string of the molecule is COc1ccc([C@@H]2C[C@H]2C(=O)N2CCC[C@H]2Cn2cc(C)cn2)cc1. The summed E-state index contributed by atoms with van der Waals surface area (Å²) in [6, 6.07) is 8.42. The Hall–Kier alpha value is -2.30. The number of benzene rings is 1. The lowest BCUT2D eigenvalue weighted by Crippen LogP contribution is -2.39. The van der Waals surface area contributed by atoms with E-state index in [0.29, 0.717) is 11.8 Å². The second-order valence-corrected chi connectivity index (χ2v) is 7.29. The molecule has 1 aromatic carbocycles. The fourth-order valence-corrected chi connectivity index (χ4v) is 4.00. The lowest BCUT2D eigenvalue weighted by atomic mass is 10.1. The molecule has 0 bridgehead atoms. The Balaban J connectivity index is 1.40. The van der Waals surface area contributed by atoms with Gasteiger partial charge in [0, 0.05) is 18.7 Å². The number of aryl methyl sites for hydroxylation is 1. The highest BCUT2D eigenvalue weighted by Crippen LogP contribution is 2.49. The van der Waals surface area contributed by atoms with Gasteiger partial charge in [-0.2, -0.15) is 5.10 Å². The van der Waals surface area contributed by atoms with Crippen LogP contribution in [0.2, 0.25) is 0 Å². The summed E-state index contributed by atoms with van der Waals surface area (Å²) in [7, 11) is 1.67. The highest BCUT2D eigenvalue weighted by Gasteiger charge is 2.47. The Morgan fingerprint density at radius 2 is 2.12 bits per heavy atom. The van der Waals surface area contributed by atoms with Gasteiger partial charge in [-0.3, -0.25) is 9.48 Å². The molecule has 0 unspecified atom stereocenters. The minimum Gasteiger partial charge on any atom is -0.497 e. The van der Waals surface area contributed by atoms with E-state index in [4.69, 9.17) is 4.74 Å². The third kappa shape index (κ3) is 3.28. The Morgan fingerprint density at radius 1 is 1.32 bits per heavy atom. The van der Waals surface area contributed by atoms with Gasteiger partial charge in [-0.05, 0) is 55.4 Å². The number of rotatable bonds is 5. The van der Waals surface area contributed by atoms with Gasteiger partial charge in [-0.1, -0.05) is 12.1 Å². The maximum atomic E-state index is 13.0. The van der Waals surface area contributed by atoms with Gasteiger partial charge in [0.25, 0.3) is 0 Å². The molecule has 2 aliphatic rings. The summed E-state index contributed by atoms with van der Waals surface area (Å²) in [5.74, 6) is 1.70. The Kier molecular flexibility index (Phi) is 4.24. The van der Waals surface area contributed by atoms with Crippen LogP contribution in [0.25, 0.3) is 0 Å². The topological polar surface area (TPSA) is 47.4 Å². The van der Waals surface area contributed by atoms with Crippen LogP contribution in [0.1, 0.15) is 36.3 Å². The van der Waals surface area contributed by atoms with E-state index in [2.05, 4.69) is 28.3 Å². The predicted molar refractivity (Wildman–Crippen MR) is 95.5 cm³/mol. The molecule has 3 atom stereocenters. The van der Waals surface area contributed by atoms with Gasteiger partial charge in [0.15, 0.2) is 0 Å². The Bertz CT molecular complexity index is 753. The molecule has 2 fully saturated rings. The summed E-state index contributed by atoms with van der Waals surface area (Å²) in [5, 5.41) is 4.38. The zero-order chi connectivity index (χ0) is 17.4. The summed E-state index contributed by atoms with van der Waals surface area (Å²) >= 11 is 0. The fourth-order valence-electron chi connectivity index (χ4n) is 4.00. The van der Waals surface area contributed by atoms with E-state index in [-0.39, 0.29) is 12.0 Å². The van der Waals surface area contributed by atoms with Crippen LogP contribution in [-0.2, 0) is 11.3 Å². The number of hydrogen-bond donors (Lipinski definition) is 0. The summed E-state index contributed by atoms with van der Waals surface area (Å²) < 4.78 is 7.19. The molecule has 1 saturated heterocycles. The van der Waals surface area contributed by atoms with Crippen molar-refractivity contribution in [3.05, 3.63) is 47.8 Å². The van der Waals surface area contributed by atoms with Gasteiger partial charge < -0.3 is 9.64 Å². The summed E-state index contributed by atoms with van der Waals surface area (Å²) in [5.41, 5.74) is 2.41. The molecule has 1 saturated carbocycles. The molecule has 0 N–H and O–H groups in total. The van der Waals surface area contributed by atoms with Crippen molar-refractivity contribution in [3.8, 4) is 5.75 Å². The molecule has 1 aliphatic heterocycles. The smallest absolute Gasteiger partial charge is 0.226 e. The molecule has 5 heteroatoms. The molecule has 5 nitrogen and oxygen atoms in total. The van der Waals surface area contributed by atoms with Crippen LogP contribution >= 0.6 is 0 Å². The molecular weight excluding hydrogens is 314 g/mol. The third-order valence-corrected chi connectivity index (χ3v) is 5.47. The van der Waals surface area contributed by atoms with Crippen molar-refractivity contribution in [1.29, 1.82) is 0 Å². The highest BCUT2D eigenvalue weighted by atomic mass is 16.5. The van der Waals surface area contributed by atoms with Crippen LogP contribution in [0.15, 0.2) is 36.7 Å². The maximum Gasteiger partial charge on any atom is 0.226 e. The number of methoxy groups -OCH3 is 1. The average molecular weight is 339 g/mol. The first-order chi connectivity index (χ1) is 12.2. The maximum absolute atomic E-state index is 13.0. The first kappa shape index (κ1) is 16.2. The van der Waals surface area contributed by atoms with Gasteiger partial charge in [0.05, 0.1) is 25.9 Å². The van der Waals surface area contributed by atoms with E-state index >= 15 is 0 Å². The van der Waals surface area contributed by atoms with Gasteiger partial charge in [0.1, 0.15) is 5.75 Å². The number of hydrogen-bond acceptors (Lipinski definition) is 3. The van der Waals surface area contributed by atoms with Gasteiger partial charge >= 0.3 is 0 Å². The van der Waals surface area contributed by atoms with Crippen LogP contribution in [0.3, 0.4) is 0 Å². The number of aromatic nitrogens is 2. The quantitative estimate of drug-likeness (QED) is 0.841. The fraction of sp³-hybridized carbons (Fsp3) is 0.500. The van der Waals surface area contributed by atoms with E-state index < -0.39 is 0 Å². The van der Waals surface area contributed by atoms with E-state index in [1.165, 1.54) is 5.56 Å². The molecule has 0 spiro atoms. The zero-order valence-electron chi connectivity index (χ0n) is 14.9. The van der Waals surface area contributed by atoms with Crippen LogP contribution in [-0.4, -0.2) is 40.3 Å². The minimum atomic E-state index is 0.147. The number of nitrogens with zero attached hydrogens (tertiary/aromatic N) is 3. The number of ether oxygens (including phenoxy) is 1. The van der Waals surface area contributed by atoms with Crippen molar-refractivity contribution in [2.75, 3.05) is 13.7 Å². The standard InChI is InChI=1S/C20H25N3O2/c1-14-11-21-22(12-14)13-16-4-3-9-23(16)20(24)19-10-18(19)15-5-7-17(25-2)8-6-15/h5-8,11-12,16,18-19H,3-4,9-10,13H2,1-2H3/t16-,18-,19+/m0/s1. The molecule has 2 heterocycles. The Labute approximate surface area is 148 Å². The molecule has 2 aromatic rings. The van der Waals surface area contributed by atoms with Crippen molar-refractivity contribution < 1.29 is 9.53 Å². The lowest BCUT2D eigenvalue weighted by Gasteiger charge is -2.25. The first-order valence-electron chi connectivity index (χ1n) is 9.09. The minimum absolute atomic E-state index is 0.147. The Morgan fingerprint density at radius 3 is 2.80 bits per heavy atom. The number of carbonyl (C=O) groups excluding carboxylic acids is 1. The summed E-state index contributed by atoms with van der Waals surface area (Å²) in [6.07, 6.45) is 7.07. The van der Waals surface area contributed by atoms with Crippen LogP contribution in [0.4, 0.5) is 0 Å². The van der Waals surface area contributed by atoms with Crippen molar-refractivity contribution >= 4 is 5.91 Å². The molecule has 1 amide bonds. The van der Waals surface area contributed by atoms with E-state index in [1.807, 2.05) is 29.9 Å². The molecule has 4 rings (SSSR count). The molecule has 132 valence electrons. The van der Waals surface area contributed by atoms with Gasteiger partial charge in [0.2, 0.25) is 5.91 Å². The number of carbonyl (C=O) groups is 1. The lowest BCUT2D eigenvalue weighted by molar-refractivity contribution is -0.133. The molecule has 25 heavy (non-hydrogen) atoms. The molecule has 1 aliphatic carbocycles. The number of amides is 1. The normalized spacial score (nSPS) is 25.2. The molecule has 1 aromatic heterocycles. The number of likely N-dealkylation sites (tertiary alicyclic amines) is 1. The van der Waals surface area contributed by atoms with E-state index in [9.17, 15) is 4.79 Å². The third-order valence-electron chi connectivity index (χ3n) is 5.47. The predicted octanol–water partition coefficient (Wildman–Crippen LogP) is 2.99. The second kappa shape index (κ2) is 6.54. The van der Waals surface area contributed by atoms with Crippen molar-refractivity contribution in [3.63, 3.8) is 0 Å². The largest absolute Gasteiger partial charge is 0.497 e. The zero-order valence-corrected chi connectivity index (χ0v) is 14.9. The van der Waals surface area contributed by atoms with Crippen molar-refractivity contribution in [1.82, 2.24) is 14.7 Å². The van der Waals surface area contributed by atoms with Crippen LogP contribution in [0.5, 0.6) is 5.75 Å². The van der Waals surface area contributed by atoms with Gasteiger partial charge in [-0.15, -0.1) is 0 Å². The first-order valence-corrected chi connectivity index (χ1v) is 9.09. The van der Waals surface area contributed by atoms with Crippen LogP contribution < -0.4 is 4.74 Å². The van der Waals surface area contributed by atoms with E-state index in [0.717, 1.165) is 43.7 Å². The molecule has 0 radical (unpaired) electrons. The van der Waals surface area contributed by atoms with Gasteiger partial charge in [-0.25, -0.2) is 0 Å². The molecular formula is C20H25N3O2. The van der Waals surface area contributed by atoms with Crippen molar-refractivity contribution in [2.24, 2.45) is 5.92 Å². The average Bonchev–Trinajstić information content (AvgIpc) is 3.12. The van der Waals surface area contributed by atoms with Crippen molar-refractivity contribution in [2.45, 2.75) is 44.7 Å². The van der Waals surface area contributed by atoms with Crippen LogP contribution in [0, 0.1) is 12.8 Å².